The summed E-state index contributed by atoms with van der Waals surface area (Å²) in [5, 5.41) is 0. The van der Waals surface area contributed by atoms with E-state index in [1.165, 1.54) is 151 Å². The Morgan fingerprint density at radius 2 is 1.02 bits per heavy atom. The minimum Gasteiger partial charge on any atom is -0.234 e. The highest BCUT2D eigenvalue weighted by atomic mass is 15.2. The van der Waals surface area contributed by atoms with Gasteiger partial charge >= 0.3 is 0 Å². The van der Waals surface area contributed by atoms with Gasteiger partial charge in [0.05, 0.1) is 19.5 Å². The van der Waals surface area contributed by atoms with Gasteiger partial charge in [-0.3, -0.25) is 0 Å². The zero-order valence-corrected chi connectivity index (χ0v) is 29.8. The van der Waals surface area contributed by atoms with E-state index in [2.05, 4.69) is 96.8 Å². The molecule has 1 atom stereocenters. The van der Waals surface area contributed by atoms with E-state index < -0.39 is 0 Å². The van der Waals surface area contributed by atoms with Crippen LogP contribution in [-0.4, -0.2) is 4.57 Å². The van der Waals surface area contributed by atoms with Gasteiger partial charge in [0.1, 0.15) is 11.9 Å². The van der Waals surface area contributed by atoms with Gasteiger partial charge in [-0.15, -0.1) is 0 Å². The molecule has 3 aromatic rings. The first-order valence-electron chi connectivity index (χ1n) is 19.4. The molecule has 0 fully saturated rings. The van der Waals surface area contributed by atoms with Crippen molar-refractivity contribution in [3.05, 3.63) is 89.5 Å². The fourth-order valence-corrected chi connectivity index (χ4v) is 6.99. The van der Waals surface area contributed by atoms with Gasteiger partial charge in [-0.05, 0) is 42.7 Å². The Hall–Kier alpha value is -2.35. The van der Waals surface area contributed by atoms with Crippen LogP contribution in [0, 0.1) is 0 Å². The van der Waals surface area contributed by atoms with Crippen LogP contribution >= 0.6 is 0 Å². The van der Waals surface area contributed by atoms with E-state index >= 15 is 0 Å². The SMILES string of the molecule is CCCCCCCCCCCCCCCCCCC[n+]1cc(CC(C)c2ccccc2)n(CCCCC)c1Cc1ccccc1. The second kappa shape index (κ2) is 23.9. The Morgan fingerprint density at radius 3 is 1.56 bits per heavy atom. The third-order valence-electron chi connectivity index (χ3n) is 9.87. The lowest BCUT2D eigenvalue weighted by molar-refractivity contribution is -0.704. The van der Waals surface area contributed by atoms with Gasteiger partial charge in [-0.2, -0.15) is 0 Å². The number of benzene rings is 2. The lowest BCUT2D eigenvalue weighted by Gasteiger charge is -2.12. The largest absolute Gasteiger partial charge is 0.261 e. The molecular weight excluding hydrogens is 544 g/mol. The Balaban J connectivity index is 1.45. The Morgan fingerprint density at radius 1 is 0.556 bits per heavy atom. The van der Waals surface area contributed by atoms with Crippen LogP contribution in [0.5, 0.6) is 0 Å². The van der Waals surface area contributed by atoms with E-state index in [4.69, 9.17) is 0 Å². The molecule has 0 saturated carbocycles. The Bertz CT molecular complexity index is 1100. The predicted octanol–water partition coefficient (Wildman–Crippen LogP) is 12.6. The summed E-state index contributed by atoms with van der Waals surface area (Å²) in [4.78, 5) is 0. The summed E-state index contributed by atoms with van der Waals surface area (Å²) in [6.07, 6.45) is 32.7. The van der Waals surface area contributed by atoms with Crippen molar-refractivity contribution in [1.29, 1.82) is 0 Å². The molecule has 2 nitrogen and oxygen atoms in total. The molecular formula is C43H69N2+. The summed E-state index contributed by atoms with van der Waals surface area (Å²) < 4.78 is 5.34. The number of aromatic nitrogens is 2. The molecule has 0 bridgehead atoms. The molecule has 0 radical (unpaired) electrons. The third-order valence-corrected chi connectivity index (χ3v) is 9.87. The van der Waals surface area contributed by atoms with Crippen molar-refractivity contribution in [2.24, 2.45) is 0 Å². The Labute approximate surface area is 279 Å². The number of imidazole rings is 1. The number of aryl methyl sites for hydroxylation is 1. The molecule has 2 aromatic carbocycles. The lowest BCUT2D eigenvalue weighted by Crippen LogP contribution is -2.37. The molecule has 0 amide bonds. The van der Waals surface area contributed by atoms with Crippen LogP contribution < -0.4 is 4.57 Å². The number of hydrogen-bond acceptors (Lipinski definition) is 0. The first-order chi connectivity index (χ1) is 22.2. The third kappa shape index (κ3) is 15.2. The fourth-order valence-electron chi connectivity index (χ4n) is 6.99. The maximum atomic E-state index is 2.70. The molecule has 1 aromatic heterocycles. The summed E-state index contributed by atoms with van der Waals surface area (Å²) in [6, 6.07) is 22.2. The molecule has 0 N–H and O–H groups in total. The highest BCUT2D eigenvalue weighted by molar-refractivity contribution is 5.22. The molecule has 2 heteroatoms. The number of rotatable bonds is 27. The number of unbranched alkanes of at least 4 members (excludes halogenated alkanes) is 18. The van der Waals surface area contributed by atoms with E-state index in [1.807, 2.05) is 0 Å². The molecule has 1 heterocycles. The topological polar surface area (TPSA) is 8.81 Å². The number of hydrogen-bond donors (Lipinski definition) is 0. The van der Waals surface area contributed by atoms with Gasteiger partial charge < -0.3 is 0 Å². The molecule has 1 unspecified atom stereocenters. The van der Waals surface area contributed by atoms with Crippen LogP contribution in [0.4, 0.5) is 0 Å². The van der Waals surface area contributed by atoms with Crippen molar-refractivity contribution in [3.8, 4) is 0 Å². The van der Waals surface area contributed by atoms with E-state index in [0.717, 1.165) is 25.9 Å². The zero-order valence-electron chi connectivity index (χ0n) is 29.8. The standard InChI is InChI=1S/C43H69N2/c1-4-6-8-9-10-11-12-13-14-15-16-17-18-19-20-21-29-34-44-38-42(36-39(3)41-32-26-23-27-33-41)45(35-28-7-5-2)43(44)37-40-30-24-22-25-31-40/h22-27,30-33,38-39H,4-21,28-29,34-37H2,1-3H3/q+1. The monoisotopic (exact) mass is 614 g/mol. The van der Waals surface area contributed by atoms with Crippen molar-refractivity contribution < 1.29 is 4.57 Å². The van der Waals surface area contributed by atoms with Crippen LogP contribution in [0.15, 0.2) is 66.9 Å². The summed E-state index contributed by atoms with van der Waals surface area (Å²) in [5.74, 6) is 2.02. The summed E-state index contributed by atoms with van der Waals surface area (Å²) in [7, 11) is 0. The molecule has 250 valence electrons. The van der Waals surface area contributed by atoms with Crippen LogP contribution in [0.1, 0.15) is 178 Å². The second-order valence-electron chi connectivity index (χ2n) is 13.9. The van der Waals surface area contributed by atoms with Gasteiger partial charge in [0.2, 0.25) is 0 Å². The van der Waals surface area contributed by atoms with E-state index in [1.54, 1.807) is 0 Å². The highest BCUT2D eigenvalue weighted by Crippen LogP contribution is 2.22. The van der Waals surface area contributed by atoms with Crippen molar-refractivity contribution in [3.63, 3.8) is 0 Å². The summed E-state index contributed by atoms with van der Waals surface area (Å²) in [5.41, 5.74) is 4.38. The predicted molar refractivity (Wildman–Crippen MR) is 196 cm³/mol. The second-order valence-corrected chi connectivity index (χ2v) is 13.9. The average Bonchev–Trinajstić information content (AvgIpc) is 3.38. The van der Waals surface area contributed by atoms with Crippen molar-refractivity contribution in [2.45, 2.75) is 181 Å². The van der Waals surface area contributed by atoms with Crippen molar-refractivity contribution in [2.75, 3.05) is 0 Å². The normalized spacial score (nSPS) is 12.2. The van der Waals surface area contributed by atoms with E-state index in [0.29, 0.717) is 5.92 Å². The van der Waals surface area contributed by atoms with E-state index in [-0.39, 0.29) is 0 Å². The quantitative estimate of drug-likeness (QED) is 0.0597. The van der Waals surface area contributed by atoms with Crippen LogP contribution in [0.2, 0.25) is 0 Å². The fraction of sp³-hybridized carbons (Fsp3) is 0.651. The molecule has 0 aliphatic heterocycles. The zero-order chi connectivity index (χ0) is 31.8. The summed E-state index contributed by atoms with van der Waals surface area (Å²) in [6.45, 7) is 9.31. The van der Waals surface area contributed by atoms with Gasteiger partial charge in [0, 0.05) is 6.42 Å². The molecule has 0 spiro atoms. The molecule has 3 rings (SSSR count). The van der Waals surface area contributed by atoms with Crippen molar-refractivity contribution in [1.82, 2.24) is 4.57 Å². The maximum Gasteiger partial charge on any atom is 0.261 e. The smallest absolute Gasteiger partial charge is 0.234 e. The minimum atomic E-state index is 0.518. The molecule has 0 aliphatic rings. The number of nitrogens with zero attached hydrogens (tertiary/aromatic N) is 2. The summed E-state index contributed by atoms with van der Waals surface area (Å²) >= 11 is 0. The first-order valence-corrected chi connectivity index (χ1v) is 19.4. The molecule has 0 saturated heterocycles. The van der Waals surface area contributed by atoms with Gasteiger partial charge in [-0.25, -0.2) is 9.13 Å². The average molecular weight is 614 g/mol. The van der Waals surface area contributed by atoms with Crippen LogP contribution in [-0.2, 0) is 25.9 Å². The molecule has 0 aliphatic carbocycles. The van der Waals surface area contributed by atoms with Gasteiger partial charge in [0.25, 0.3) is 5.82 Å². The van der Waals surface area contributed by atoms with Gasteiger partial charge in [0.15, 0.2) is 0 Å². The Kier molecular flexibility index (Phi) is 19.7. The van der Waals surface area contributed by atoms with Crippen LogP contribution in [0.25, 0.3) is 0 Å². The molecule has 45 heavy (non-hydrogen) atoms. The van der Waals surface area contributed by atoms with E-state index in [9.17, 15) is 0 Å². The first kappa shape index (κ1) is 37.1. The highest BCUT2D eigenvalue weighted by Gasteiger charge is 2.25. The lowest BCUT2D eigenvalue weighted by atomic mass is 9.96. The van der Waals surface area contributed by atoms with Gasteiger partial charge in [-0.1, -0.05) is 184 Å². The van der Waals surface area contributed by atoms with Crippen molar-refractivity contribution >= 4 is 0 Å². The minimum absolute atomic E-state index is 0.518. The van der Waals surface area contributed by atoms with Crippen LogP contribution in [0.3, 0.4) is 0 Å². The maximum absolute atomic E-state index is 2.70.